The summed E-state index contributed by atoms with van der Waals surface area (Å²) in [5.41, 5.74) is 3.26. The van der Waals surface area contributed by atoms with Gasteiger partial charge >= 0.3 is 0 Å². The first kappa shape index (κ1) is 11.0. The Labute approximate surface area is 112 Å². The van der Waals surface area contributed by atoms with Crippen LogP contribution in [0.5, 0.6) is 0 Å². The van der Waals surface area contributed by atoms with Gasteiger partial charge in [-0.15, -0.1) is 0 Å². The van der Waals surface area contributed by atoms with Crippen LogP contribution in [0.25, 0.3) is 0 Å². The zero-order valence-electron chi connectivity index (χ0n) is 8.94. The second kappa shape index (κ2) is 4.27. The van der Waals surface area contributed by atoms with Gasteiger partial charge in [0.2, 0.25) is 5.91 Å². The van der Waals surface area contributed by atoms with Crippen molar-refractivity contribution in [1.82, 2.24) is 0 Å². The Hall–Kier alpha value is -1.13. The van der Waals surface area contributed by atoms with Gasteiger partial charge in [-0.2, -0.15) is 11.3 Å². The van der Waals surface area contributed by atoms with E-state index in [2.05, 4.69) is 32.7 Å². The number of amides is 1. The van der Waals surface area contributed by atoms with Gasteiger partial charge in [-0.1, -0.05) is 15.9 Å². The number of nitrogens with one attached hydrogen (secondary N) is 1. The monoisotopic (exact) mass is 307 g/mol. The molecular weight excluding hydrogens is 298 g/mol. The van der Waals surface area contributed by atoms with E-state index in [0.29, 0.717) is 0 Å². The predicted molar refractivity (Wildman–Crippen MR) is 73.5 cm³/mol. The third-order valence-electron chi connectivity index (χ3n) is 2.98. The molecule has 0 saturated carbocycles. The number of halogens is 1. The van der Waals surface area contributed by atoms with E-state index in [-0.39, 0.29) is 11.8 Å². The highest BCUT2D eigenvalue weighted by Crippen LogP contribution is 2.36. The summed E-state index contributed by atoms with van der Waals surface area (Å²) in [7, 11) is 0. The first-order valence-corrected chi connectivity index (χ1v) is 7.09. The van der Waals surface area contributed by atoms with Gasteiger partial charge in [-0.25, -0.2) is 0 Å². The van der Waals surface area contributed by atoms with Crippen LogP contribution in [-0.4, -0.2) is 5.91 Å². The van der Waals surface area contributed by atoms with Crippen molar-refractivity contribution in [3.8, 4) is 0 Å². The van der Waals surface area contributed by atoms with E-state index in [1.807, 2.05) is 23.6 Å². The number of anilines is 1. The molecule has 0 fully saturated rings. The maximum atomic E-state index is 11.9. The number of carbonyl (C=O) groups is 1. The molecule has 0 unspecified atom stereocenters. The lowest BCUT2D eigenvalue weighted by molar-refractivity contribution is -0.117. The minimum Gasteiger partial charge on any atom is -0.325 e. The van der Waals surface area contributed by atoms with Gasteiger partial charge < -0.3 is 5.32 Å². The molecule has 1 atom stereocenters. The molecule has 0 bridgehead atoms. The van der Waals surface area contributed by atoms with E-state index in [4.69, 9.17) is 0 Å². The quantitative estimate of drug-likeness (QED) is 0.898. The fourth-order valence-electron chi connectivity index (χ4n) is 2.14. The first-order valence-electron chi connectivity index (χ1n) is 5.35. The molecule has 1 aliphatic heterocycles. The summed E-state index contributed by atoms with van der Waals surface area (Å²) in [4.78, 5) is 11.9. The van der Waals surface area contributed by atoms with Crippen LogP contribution in [0, 0.1) is 0 Å². The van der Waals surface area contributed by atoms with Crippen molar-refractivity contribution in [2.45, 2.75) is 12.3 Å². The fourth-order valence-corrected chi connectivity index (χ4v) is 3.20. The highest BCUT2D eigenvalue weighted by atomic mass is 79.9. The summed E-state index contributed by atoms with van der Waals surface area (Å²) in [6.45, 7) is 0. The molecule has 86 valence electrons. The predicted octanol–water partition coefficient (Wildman–Crippen LogP) is 3.79. The standard InChI is InChI=1S/C13H10BrNOS/c14-9-1-2-12-10(6-9)11(13(16)15-12)5-8-3-4-17-7-8/h1-4,6-7,11H,5H2,(H,15,16)/t11-/m0/s1. The number of thiophene rings is 1. The molecule has 4 heteroatoms. The van der Waals surface area contributed by atoms with E-state index < -0.39 is 0 Å². The smallest absolute Gasteiger partial charge is 0.232 e. The minimum absolute atomic E-state index is 0.0582. The largest absolute Gasteiger partial charge is 0.325 e. The van der Waals surface area contributed by atoms with Crippen LogP contribution in [0.2, 0.25) is 0 Å². The second-order valence-corrected chi connectivity index (χ2v) is 5.80. The van der Waals surface area contributed by atoms with Gasteiger partial charge in [-0.3, -0.25) is 4.79 Å². The molecule has 0 aliphatic carbocycles. The summed E-state index contributed by atoms with van der Waals surface area (Å²) in [6, 6.07) is 8.01. The molecule has 17 heavy (non-hydrogen) atoms. The molecule has 0 radical (unpaired) electrons. The van der Waals surface area contributed by atoms with E-state index in [0.717, 1.165) is 22.1 Å². The lowest BCUT2D eigenvalue weighted by Crippen LogP contribution is -2.13. The highest BCUT2D eigenvalue weighted by Gasteiger charge is 2.30. The van der Waals surface area contributed by atoms with Crippen LogP contribution in [0.4, 0.5) is 5.69 Å². The molecule has 1 aromatic carbocycles. The summed E-state index contributed by atoms with van der Waals surface area (Å²) >= 11 is 5.12. The average molecular weight is 308 g/mol. The fraction of sp³-hybridized carbons (Fsp3) is 0.154. The van der Waals surface area contributed by atoms with Crippen molar-refractivity contribution in [1.29, 1.82) is 0 Å². The Balaban J connectivity index is 1.96. The number of benzene rings is 1. The van der Waals surface area contributed by atoms with Crippen LogP contribution in [0.1, 0.15) is 17.0 Å². The third kappa shape index (κ3) is 2.03. The molecule has 3 rings (SSSR count). The number of hydrogen-bond acceptors (Lipinski definition) is 2. The molecular formula is C13H10BrNOS. The molecule has 2 aromatic rings. The van der Waals surface area contributed by atoms with Crippen LogP contribution in [0.3, 0.4) is 0 Å². The summed E-state index contributed by atoms with van der Waals surface area (Å²) in [5, 5.41) is 7.08. The van der Waals surface area contributed by atoms with Crippen molar-refractivity contribution < 1.29 is 4.79 Å². The number of carbonyl (C=O) groups excluding carboxylic acids is 1. The Bertz CT molecular complexity index is 565. The van der Waals surface area contributed by atoms with Gasteiger partial charge in [0.05, 0.1) is 5.92 Å². The molecule has 1 N–H and O–H groups in total. The highest BCUT2D eigenvalue weighted by molar-refractivity contribution is 9.10. The lowest BCUT2D eigenvalue weighted by atomic mass is 9.94. The van der Waals surface area contributed by atoms with Gasteiger partial charge in [-0.05, 0) is 52.6 Å². The van der Waals surface area contributed by atoms with Gasteiger partial charge in [0.25, 0.3) is 0 Å². The van der Waals surface area contributed by atoms with Gasteiger partial charge in [0.15, 0.2) is 0 Å². The molecule has 2 nitrogen and oxygen atoms in total. The molecule has 0 saturated heterocycles. The summed E-state index contributed by atoms with van der Waals surface area (Å²) < 4.78 is 1.02. The Morgan fingerprint density at radius 3 is 3.00 bits per heavy atom. The summed E-state index contributed by atoms with van der Waals surface area (Å²) in [6.07, 6.45) is 0.777. The molecule has 0 spiro atoms. The molecule has 2 heterocycles. The minimum atomic E-state index is -0.0582. The average Bonchev–Trinajstić information content (AvgIpc) is 2.90. The normalized spacial score (nSPS) is 17.9. The van der Waals surface area contributed by atoms with Crippen molar-refractivity contribution in [2.75, 3.05) is 5.32 Å². The maximum Gasteiger partial charge on any atom is 0.232 e. The SMILES string of the molecule is O=C1Nc2ccc(Br)cc2[C@@H]1Cc1ccsc1. The van der Waals surface area contributed by atoms with Crippen LogP contribution >= 0.6 is 27.3 Å². The molecule has 1 aliphatic rings. The second-order valence-electron chi connectivity index (χ2n) is 4.11. The van der Waals surface area contributed by atoms with Crippen molar-refractivity contribution >= 4 is 38.9 Å². The topological polar surface area (TPSA) is 29.1 Å². The van der Waals surface area contributed by atoms with E-state index >= 15 is 0 Å². The molecule has 1 aromatic heterocycles. The van der Waals surface area contributed by atoms with Crippen LogP contribution in [-0.2, 0) is 11.2 Å². The number of rotatable bonds is 2. The Morgan fingerprint density at radius 2 is 2.24 bits per heavy atom. The van der Waals surface area contributed by atoms with E-state index in [1.165, 1.54) is 5.56 Å². The van der Waals surface area contributed by atoms with Crippen molar-refractivity contribution in [3.63, 3.8) is 0 Å². The Kier molecular flexibility index (Phi) is 2.76. The Morgan fingerprint density at radius 1 is 1.35 bits per heavy atom. The lowest BCUT2D eigenvalue weighted by Gasteiger charge is -2.07. The maximum absolute atomic E-state index is 11.9. The van der Waals surface area contributed by atoms with Crippen molar-refractivity contribution in [3.05, 3.63) is 50.6 Å². The zero-order chi connectivity index (χ0) is 11.8. The van der Waals surface area contributed by atoms with E-state index in [9.17, 15) is 4.79 Å². The zero-order valence-corrected chi connectivity index (χ0v) is 11.3. The number of fused-ring (bicyclic) bond motifs is 1. The van der Waals surface area contributed by atoms with Gasteiger partial charge in [0.1, 0.15) is 0 Å². The van der Waals surface area contributed by atoms with E-state index in [1.54, 1.807) is 11.3 Å². The van der Waals surface area contributed by atoms with Gasteiger partial charge in [0, 0.05) is 10.2 Å². The van der Waals surface area contributed by atoms with Crippen LogP contribution < -0.4 is 5.32 Å². The third-order valence-corrected chi connectivity index (χ3v) is 4.21. The van der Waals surface area contributed by atoms with Crippen LogP contribution in [0.15, 0.2) is 39.5 Å². The number of hydrogen-bond donors (Lipinski definition) is 1. The summed E-state index contributed by atoms with van der Waals surface area (Å²) in [5.74, 6) is 0.0430. The van der Waals surface area contributed by atoms with Crippen molar-refractivity contribution in [2.24, 2.45) is 0 Å². The molecule has 1 amide bonds. The first-order chi connectivity index (χ1) is 8.24.